The Balaban J connectivity index is -0.000000163. The van der Waals surface area contributed by atoms with Crippen molar-refractivity contribution in [3.05, 3.63) is 138 Å². The van der Waals surface area contributed by atoms with Crippen LogP contribution in [0.4, 0.5) is 68.9 Å². The lowest BCUT2D eigenvalue weighted by Gasteiger charge is -2.13. The first-order valence-electron chi connectivity index (χ1n) is 22.5. The van der Waals surface area contributed by atoms with Gasteiger partial charge < -0.3 is 63.2 Å². The Morgan fingerprint density at radius 3 is 1.23 bits per heavy atom. The zero-order chi connectivity index (χ0) is 59.4. The lowest BCUT2D eigenvalue weighted by Crippen LogP contribution is -2.16. The minimum Gasteiger partial charge on any atom is -0.465 e. The number of aromatic nitrogens is 6. The number of methoxy groups -OCH3 is 1. The van der Waals surface area contributed by atoms with Crippen molar-refractivity contribution >= 4 is 92.4 Å². The molecule has 0 spiro atoms. The molecule has 77 heavy (non-hydrogen) atoms. The highest BCUT2D eigenvalue weighted by Gasteiger charge is 2.17. The summed E-state index contributed by atoms with van der Waals surface area (Å²) in [7, 11) is 23.4. The number of carbonyl (C=O) groups excluding carboxylic acids is 2. The monoisotopic (exact) mass is 1100 g/mol. The van der Waals surface area contributed by atoms with Gasteiger partial charge in [-0.25, -0.2) is 39.5 Å². The Morgan fingerprint density at radius 1 is 0.571 bits per heavy atom. The minimum atomic E-state index is -0.553. The van der Waals surface area contributed by atoms with Crippen LogP contribution in [-0.4, -0.2) is 143 Å². The van der Waals surface area contributed by atoms with Gasteiger partial charge in [-0.15, -0.1) is 0 Å². The molecule has 6 aromatic rings. The zero-order valence-electron chi connectivity index (χ0n) is 46.3. The van der Waals surface area contributed by atoms with Crippen molar-refractivity contribution in [1.29, 1.82) is 0 Å². The summed E-state index contributed by atoms with van der Waals surface area (Å²) >= 11 is 5.44. The molecule has 0 radical (unpaired) electrons. The standard InChI is InChI=1S/C9H13N3O2.C8H12N4O.C8H10N4.C8H11N3O2.C8H13N3.C6H5ClN2O2.C2H7N.6H2/c1-12(2)8-7(10)4-6(5-11-8)9(13)14-3;1-12(2)8-6(9)3-5(4-11-8)7(10)13;1-10-6-4-7(9)8(11-5-6)12(2)3;1-6-4-7(11(12)13)8(9-5-6)10(2)3;1-6-4-7(9)8(10-5-6)11(2)3;1-4-2-5(9(10)11)6(7)8-3-4;1-3-2;;;;;;/h4-5H,10H2,1-3H3;3-4H,9H2,1-2H3,(H2,10,13);4-5H,9H2,2-3H3;4-5H,1-3H3;4-5H,9H2,1-3H3;2-3H,1H3;3H,1-2H3;6*1H/i;;;;;;;6*1+1. The maximum atomic E-state index is 11.1. The summed E-state index contributed by atoms with van der Waals surface area (Å²) in [6.45, 7) is 12.2. The van der Waals surface area contributed by atoms with E-state index in [4.69, 9.17) is 46.8 Å². The first-order chi connectivity index (χ1) is 35.9. The number of aryl methyl sites for hydroxylation is 3. The lowest BCUT2D eigenvalue weighted by molar-refractivity contribution is -0.385. The van der Waals surface area contributed by atoms with E-state index in [9.17, 15) is 29.8 Å². The summed E-state index contributed by atoms with van der Waals surface area (Å²) < 4.78 is 4.54. The molecular weight excluding hydrogens is 1020 g/mol. The third kappa shape index (κ3) is 23.6. The third-order valence-corrected chi connectivity index (χ3v) is 9.28. The molecule has 0 saturated carbocycles. The third-order valence-electron chi connectivity index (χ3n) is 8.99. The Labute approximate surface area is 463 Å². The highest BCUT2D eigenvalue weighted by molar-refractivity contribution is 6.31. The van der Waals surface area contributed by atoms with Gasteiger partial charge in [0.2, 0.25) is 22.6 Å². The van der Waals surface area contributed by atoms with Crippen LogP contribution in [0.2, 0.25) is 5.15 Å². The van der Waals surface area contributed by atoms with E-state index in [2.05, 4.69) is 44.8 Å². The van der Waals surface area contributed by atoms with Crippen LogP contribution in [0.1, 0.15) is 46.0 Å². The van der Waals surface area contributed by atoms with Crippen LogP contribution in [0.3, 0.4) is 0 Å². The Bertz CT molecular complexity index is 2970. The van der Waals surface area contributed by atoms with Crippen LogP contribution in [0.5, 0.6) is 0 Å². The largest absolute Gasteiger partial charge is 0.465 e. The molecule has 0 atom stereocenters. The molecule has 0 bridgehead atoms. The van der Waals surface area contributed by atoms with Gasteiger partial charge in [0.05, 0.1) is 57.4 Å². The Kier molecular flexibility index (Phi) is 29.3. The van der Waals surface area contributed by atoms with Gasteiger partial charge >= 0.3 is 17.3 Å². The number of pyridine rings is 6. The highest BCUT2D eigenvalue weighted by atomic mass is 35.5. The molecule has 0 fully saturated rings. The number of rotatable bonds is 9. The number of nitrogens with zero attached hydrogens (tertiary/aromatic N) is 14. The number of anilines is 9. The first-order valence-corrected chi connectivity index (χ1v) is 22.8. The normalized spacial score (nSPS) is 9.45. The average Bonchev–Trinajstić information content (AvgIpc) is 3.34. The van der Waals surface area contributed by atoms with E-state index in [1.165, 1.54) is 50.1 Å². The van der Waals surface area contributed by atoms with Gasteiger partial charge in [-0.1, -0.05) is 11.6 Å². The number of nitrogens with one attached hydrogen (secondary N) is 1. The number of nitrogen functional groups attached to an aromatic ring is 4. The molecule has 0 unspecified atom stereocenters. The van der Waals surface area contributed by atoms with Gasteiger partial charge in [-0.3, -0.25) is 25.0 Å². The van der Waals surface area contributed by atoms with E-state index in [1.807, 2.05) is 99.5 Å². The Morgan fingerprint density at radius 2 is 0.896 bits per heavy atom. The second-order valence-electron chi connectivity index (χ2n) is 16.9. The van der Waals surface area contributed by atoms with Crippen LogP contribution < -0.4 is 58.5 Å². The number of primary amides is 1. The SMILES string of the molecule is CN(C)c1ncc(C(N)=O)cc1N.CNC.COC(=O)c1cnc(N(C)C)c(N)c1.Cc1cnc(Cl)c([N+](=O)[O-])c1.Cc1cnc(N(C)C)c(N)c1.Cc1cnc(N(C)C)c([N+](=O)[O-])c1.[2HH].[2HH].[2HH].[2HH].[2HH].[2HH].[C-]#[N+]c1cnc(N(C)C)c(N)c1. The van der Waals surface area contributed by atoms with Crippen LogP contribution in [-0.2, 0) is 4.74 Å². The van der Waals surface area contributed by atoms with Crippen molar-refractivity contribution in [3.63, 3.8) is 0 Å². The van der Waals surface area contributed by atoms with E-state index >= 15 is 0 Å². The van der Waals surface area contributed by atoms with Gasteiger partial charge in [-0.2, -0.15) is 0 Å². The van der Waals surface area contributed by atoms with Crippen molar-refractivity contribution in [2.45, 2.75) is 20.8 Å². The van der Waals surface area contributed by atoms with Gasteiger partial charge in [-0.05, 0) is 75.8 Å². The van der Waals surface area contributed by atoms with Crippen molar-refractivity contribution in [3.8, 4) is 0 Å². The summed E-state index contributed by atoms with van der Waals surface area (Å²) in [5.41, 5.74) is 33.6. The number of hydrogen-bond donors (Lipinski definition) is 6. The van der Waals surface area contributed by atoms with Gasteiger partial charge in [0.25, 0.3) is 0 Å². The molecule has 6 rings (SSSR count). The second kappa shape index (κ2) is 33.4. The van der Waals surface area contributed by atoms with Crippen molar-refractivity contribution in [2.24, 2.45) is 5.73 Å². The molecule has 1 amide bonds. The van der Waals surface area contributed by atoms with E-state index in [0.29, 0.717) is 57.1 Å². The van der Waals surface area contributed by atoms with E-state index in [0.717, 1.165) is 28.2 Å². The van der Waals surface area contributed by atoms with Crippen molar-refractivity contribution < 1.29 is 32.7 Å². The summed E-state index contributed by atoms with van der Waals surface area (Å²) in [5, 5.41) is 23.6. The smallest absolute Gasteiger partial charge is 0.339 e. The van der Waals surface area contributed by atoms with Crippen LogP contribution >= 0.6 is 11.6 Å². The predicted octanol–water partition coefficient (Wildman–Crippen LogP) is 7.29. The quantitative estimate of drug-likeness (QED) is 0.0272. The van der Waals surface area contributed by atoms with E-state index in [1.54, 1.807) is 61.0 Å². The van der Waals surface area contributed by atoms with Crippen molar-refractivity contribution in [2.75, 3.05) is 139 Å². The molecule has 0 saturated heterocycles. The fraction of sp³-hybridized carbons (Fsp3) is 0.327. The molecule has 11 N–H and O–H groups in total. The fourth-order valence-corrected chi connectivity index (χ4v) is 5.78. The lowest BCUT2D eigenvalue weighted by atomic mass is 10.2. The number of ether oxygens (including phenoxy) is 1. The van der Waals surface area contributed by atoms with Gasteiger partial charge in [0.1, 0.15) is 5.82 Å². The van der Waals surface area contributed by atoms with Gasteiger partial charge in [0.15, 0.2) is 17.5 Å². The molecule has 428 valence electrons. The molecule has 6 aromatic heterocycles. The topological polar surface area (TPSA) is 370 Å². The van der Waals surface area contributed by atoms with Gasteiger partial charge in [0, 0.05) is 128 Å². The fourth-order valence-electron chi connectivity index (χ4n) is 5.61. The summed E-state index contributed by atoms with van der Waals surface area (Å²) in [4.78, 5) is 77.7. The molecule has 6 heterocycles. The molecule has 0 aliphatic rings. The second-order valence-corrected chi connectivity index (χ2v) is 17.3. The number of amides is 1. The number of nitro groups is 2. The summed E-state index contributed by atoms with van der Waals surface area (Å²) in [6.07, 6.45) is 9.27. The average molecular weight is 1110 g/mol. The van der Waals surface area contributed by atoms with E-state index < -0.39 is 21.7 Å². The van der Waals surface area contributed by atoms with Crippen molar-refractivity contribution in [1.82, 2.24) is 35.2 Å². The number of nitrogens with two attached hydrogens (primary N) is 5. The molecule has 0 aliphatic heterocycles. The molecule has 27 nitrogen and oxygen atoms in total. The van der Waals surface area contributed by atoms with E-state index in [-0.39, 0.29) is 25.1 Å². The van der Waals surface area contributed by atoms with Crippen LogP contribution in [0, 0.1) is 47.6 Å². The zero-order valence-corrected chi connectivity index (χ0v) is 47.1. The number of esters is 1. The maximum Gasteiger partial charge on any atom is 0.339 e. The Hall–Kier alpha value is -9.42. The summed E-state index contributed by atoms with van der Waals surface area (Å²) in [6, 6.07) is 9.51. The molecular formula is C49H83ClN20O7. The van der Waals surface area contributed by atoms with Crippen LogP contribution in [0.25, 0.3) is 4.85 Å². The first kappa shape index (κ1) is 67.6. The number of hydrogen-bond acceptors (Lipinski definition) is 23. The number of halogens is 1. The molecule has 0 aliphatic carbocycles. The molecule has 0 aromatic carbocycles. The predicted molar refractivity (Wildman–Crippen MR) is 321 cm³/mol. The number of carbonyl (C=O) groups is 2. The molecule has 28 heteroatoms. The maximum absolute atomic E-state index is 11.1. The van der Waals surface area contributed by atoms with Crippen LogP contribution in [0.15, 0.2) is 73.6 Å². The summed E-state index contributed by atoms with van der Waals surface area (Å²) in [5.74, 6) is 2.22. The minimum absolute atomic E-state index is 0. The highest BCUT2D eigenvalue weighted by Crippen LogP contribution is 2.26.